The molecular formula is C32H33NO3. The zero-order valence-corrected chi connectivity index (χ0v) is 20.9. The van der Waals surface area contributed by atoms with E-state index in [2.05, 4.69) is 24.4 Å². The zero-order valence-electron chi connectivity index (χ0n) is 20.9. The topological polar surface area (TPSA) is 47.6 Å². The van der Waals surface area contributed by atoms with E-state index in [1.807, 2.05) is 104 Å². The van der Waals surface area contributed by atoms with Crippen LogP contribution in [0.1, 0.15) is 53.4 Å². The first-order valence-corrected chi connectivity index (χ1v) is 12.5. The summed E-state index contributed by atoms with van der Waals surface area (Å²) in [7, 11) is 0. The molecule has 0 fully saturated rings. The van der Waals surface area contributed by atoms with Crippen LogP contribution < -0.4 is 14.8 Å². The number of ketones is 1. The maximum atomic E-state index is 13.5. The molecule has 0 aliphatic rings. The average molecular weight is 480 g/mol. The Morgan fingerprint density at radius 2 is 1.25 bits per heavy atom. The molecule has 0 aliphatic carbocycles. The first-order chi connectivity index (χ1) is 17.6. The number of hydrogen-bond acceptors (Lipinski definition) is 4. The molecule has 0 saturated carbocycles. The van der Waals surface area contributed by atoms with Crippen molar-refractivity contribution in [3.05, 3.63) is 131 Å². The average Bonchev–Trinajstić information content (AvgIpc) is 2.95. The molecule has 0 spiro atoms. The first kappa shape index (κ1) is 25.2. The van der Waals surface area contributed by atoms with Gasteiger partial charge in [0.1, 0.15) is 13.2 Å². The molecule has 0 aliphatic heterocycles. The van der Waals surface area contributed by atoms with Gasteiger partial charge in [0.25, 0.3) is 0 Å². The molecule has 1 N–H and O–H groups in total. The van der Waals surface area contributed by atoms with Gasteiger partial charge in [0.2, 0.25) is 0 Å². The van der Waals surface area contributed by atoms with Crippen LogP contribution in [-0.2, 0) is 13.2 Å². The van der Waals surface area contributed by atoms with Gasteiger partial charge >= 0.3 is 0 Å². The van der Waals surface area contributed by atoms with Gasteiger partial charge in [0.05, 0.1) is 6.04 Å². The van der Waals surface area contributed by atoms with Crippen LogP contribution in [0.5, 0.6) is 11.5 Å². The van der Waals surface area contributed by atoms with Crippen molar-refractivity contribution in [3.63, 3.8) is 0 Å². The minimum absolute atomic E-state index is 0.0412. The van der Waals surface area contributed by atoms with E-state index >= 15 is 0 Å². The predicted molar refractivity (Wildman–Crippen MR) is 144 cm³/mol. The third-order valence-electron chi connectivity index (χ3n) is 6.18. The molecule has 4 aromatic carbocycles. The zero-order chi connectivity index (χ0) is 25.2. The molecular weight excluding hydrogens is 446 g/mol. The lowest BCUT2D eigenvalue weighted by molar-refractivity contribution is 0.0933. The van der Waals surface area contributed by atoms with Crippen LogP contribution in [0.3, 0.4) is 0 Å². The van der Waals surface area contributed by atoms with Crippen LogP contribution in [0.4, 0.5) is 0 Å². The number of Topliss-reactive ketones (excluding diaryl/α,β-unsaturated/α-hetero) is 1. The highest BCUT2D eigenvalue weighted by atomic mass is 16.5. The standard InChI is InChI=1S/C32H33NO3/c1-3-29(33-24(2)27-17-11-6-12-18-27)32(34)28-19-20-30(35-22-25-13-7-4-8-14-25)31(21-28)36-23-26-15-9-5-10-16-26/h4-21,24,29,33H,3,22-23H2,1-2H3/t24-,29+/m1/s1. The summed E-state index contributed by atoms with van der Waals surface area (Å²) in [6, 6.07) is 35.4. The molecule has 184 valence electrons. The molecule has 0 aromatic heterocycles. The Labute approximate surface area is 213 Å². The third kappa shape index (κ3) is 6.83. The van der Waals surface area contributed by atoms with Gasteiger partial charge in [-0.05, 0) is 48.2 Å². The van der Waals surface area contributed by atoms with Gasteiger partial charge in [-0.15, -0.1) is 0 Å². The number of benzene rings is 4. The van der Waals surface area contributed by atoms with Gasteiger partial charge in [-0.2, -0.15) is 0 Å². The predicted octanol–water partition coefficient (Wildman–Crippen LogP) is 7.16. The van der Waals surface area contributed by atoms with Gasteiger partial charge in [0.15, 0.2) is 17.3 Å². The van der Waals surface area contributed by atoms with E-state index in [1.54, 1.807) is 0 Å². The first-order valence-electron chi connectivity index (χ1n) is 12.5. The second kappa shape index (κ2) is 12.7. The highest BCUT2D eigenvalue weighted by molar-refractivity contribution is 6.00. The lowest BCUT2D eigenvalue weighted by Crippen LogP contribution is -2.37. The summed E-state index contributed by atoms with van der Waals surface area (Å²) in [5, 5.41) is 3.50. The largest absolute Gasteiger partial charge is 0.485 e. The normalized spacial score (nSPS) is 12.5. The lowest BCUT2D eigenvalue weighted by Gasteiger charge is -2.22. The Balaban J connectivity index is 1.53. The Morgan fingerprint density at radius 1 is 0.722 bits per heavy atom. The molecule has 0 bridgehead atoms. The maximum Gasteiger partial charge on any atom is 0.179 e. The molecule has 4 aromatic rings. The van der Waals surface area contributed by atoms with Gasteiger partial charge < -0.3 is 14.8 Å². The second-order valence-electron chi connectivity index (χ2n) is 8.83. The third-order valence-corrected chi connectivity index (χ3v) is 6.18. The van der Waals surface area contributed by atoms with E-state index in [1.165, 1.54) is 0 Å². The monoisotopic (exact) mass is 479 g/mol. The van der Waals surface area contributed by atoms with Crippen molar-refractivity contribution >= 4 is 5.78 Å². The summed E-state index contributed by atoms with van der Waals surface area (Å²) in [6.07, 6.45) is 0.683. The van der Waals surface area contributed by atoms with Crippen LogP contribution in [0.25, 0.3) is 0 Å². The van der Waals surface area contributed by atoms with E-state index in [0.29, 0.717) is 36.7 Å². The van der Waals surface area contributed by atoms with E-state index in [-0.39, 0.29) is 17.9 Å². The summed E-state index contributed by atoms with van der Waals surface area (Å²) >= 11 is 0. The lowest BCUT2D eigenvalue weighted by atomic mass is 9.99. The van der Waals surface area contributed by atoms with Gasteiger partial charge in [0, 0.05) is 11.6 Å². The molecule has 0 heterocycles. The van der Waals surface area contributed by atoms with E-state index < -0.39 is 0 Å². The number of ether oxygens (including phenoxy) is 2. The fraction of sp³-hybridized carbons (Fsp3) is 0.219. The number of carbonyl (C=O) groups excluding carboxylic acids is 1. The minimum atomic E-state index is -0.307. The molecule has 0 saturated heterocycles. The van der Waals surface area contributed by atoms with Gasteiger partial charge in [-0.25, -0.2) is 0 Å². The van der Waals surface area contributed by atoms with Crippen molar-refractivity contribution in [1.82, 2.24) is 5.32 Å². The molecule has 4 nitrogen and oxygen atoms in total. The Hall–Kier alpha value is -3.89. The minimum Gasteiger partial charge on any atom is -0.485 e. The number of carbonyl (C=O) groups is 1. The Morgan fingerprint density at radius 3 is 1.81 bits per heavy atom. The van der Waals surface area contributed by atoms with Gasteiger partial charge in [-0.1, -0.05) is 97.9 Å². The van der Waals surface area contributed by atoms with Crippen molar-refractivity contribution in [3.8, 4) is 11.5 Å². The van der Waals surface area contributed by atoms with Crippen molar-refractivity contribution in [2.75, 3.05) is 0 Å². The summed E-state index contributed by atoms with van der Waals surface area (Å²) in [6.45, 7) is 4.92. The molecule has 4 rings (SSSR count). The number of hydrogen-bond donors (Lipinski definition) is 1. The van der Waals surface area contributed by atoms with Crippen LogP contribution in [0, 0.1) is 0 Å². The summed E-state index contributed by atoms with van der Waals surface area (Å²) in [5.41, 5.74) is 3.87. The van der Waals surface area contributed by atoms with E-state index in [9.17, 15) is 4.79 Å². The summed E-state index contributed by atoms with van der Waals surface area (Å²) < 4.78 is 12.3. The van der Waals surface area contributed by atoms with Crippen LogP contribution in [0.15, 0.2) is 109 Å². The SMILES string of the molecule is CC[C@H](N[C@H](C)c1ccccc1)C(=O)c1ccc(OCc2ccccc2)c(OCc2ccccc2)c1. The highest BCUT2D eigenvalue weighted by Gasteiger charge is 2.22. The Kier molecular flexibility index (Phi) is 8.90. The van der Waals surface area contributed by atoms with Crippen molar-refractivity contribution in [2.45, 2.75) is 45.6 Å². The van der Waals surface area contributed by atoms with Crippen LogP contribution in [-0.4, -0.2) is 11.8 Å². The number of nitrogens with one attached hydrogen (secondary N) is 1. The van der Waals surface area contributed by atoms with Gasteiger partial charge in [-0.3, -0.25) is 4.79 Å². The molecule has 2 atom stereocenters. The molecule has 4 heteroatoms. The summed E-state index contributed by atoms with van der Waals surface area (Å²) in [5.74, 6) is 1.22. The van der Waals surface area contributed by atoms with E-state index in [4.69, 9.17) is 9.47 Å². The van der Waals surface area contributed by atoms with E-state index in [0.717, 1.165) is 16.7 Å². The molecule has 0 amide bonds. The fourth-order valence-electron chi connectivity index (χ4n) is 4.08. The smallest absolute Gasteiger partial charge is 0.179 e. The number of rotatable bonds is 12. The Bertz CT molecular complexity index is 1230. The van der Waals surface area contributed by atoms with Crippen LogP contribution >= 0.6 is 0 Å². The fourth-order valence-corrected chi connectivity index (χ4v) is 4.08. The maximum absolute atomic E-state index is 13.5. The molecule has 0 radical (unpaired) electrons. The summed E-state index contributed by atoms with van der Waals surface area (Å²) in [4.78, 5) is 13.5. The van der Waals surface area contributed by atoms with Crippen LogP contribution in [0.2, 0.25) is 0 Å². The molecule has 0 unspecified atom stereocenters. The highest BCUT2D eigenvalue weighted by Crippen LogP contribution is 2.31. The second-order valence-corrected chi connectivity index (χ2v) is 8.83. The van der Waals surface area contributed by atoms with Crippen molar-refractivity contribution < 1.29 is 14.3 Å². The quantitative estimate of drug-likeness (QED) is 0.219. The molecule has 36 heavy (non-hydrogen) atoms. The van der Waals surface area contributed by atoms with Crippen molar-refractivity contribution in [1.29, 1.82) is 0 Å². The van der Waals surface area contributed by atoms with Crippen molar-refractivity contribution in [2.24, 2.45) is 0 Å².